The first-order chi connectivity index (χ1) is 8.74. The zero-order valence-electron chi connectivity index (χ0n) is 11.1. The molecule has 1 saturated carbocycles. The van der Waals surface area contributed by atoms with Gasteiger partial charge in [0, 0.05) is 11.9 Å². The second-order valence-electron chi connectivity index (χ2n) is 5.27. The maximum atomic E-state index is 4.71. The summed E-state index contributed by atoms with van der Waals surface area (Å²) in [5.41, 5.74) is 3.46. The van der Waals surface area contributed by atoms with Gasteiger partial charge in [0.05, 0.1) is 30.3 Å². The van der Waals surface area contributed by atoms with E-state index in [4.69, 9.17) is 5.10 Å². The fraction of sp³-hybridized carbons (Fsp3) is 0.571. The van der Waals surface area contributed by atoms with E-state index >= 15 is 0 Å². The fourth-order valence-corrected chi connectivity index (χ4v) is 2.71. The van der Waals surface area contributed by atoms with Gasteiger partial charge < -0.3 is 4.57 Å². The maximum Gasteiger partial charge on any atom is 0.0955 e. The van der Waals surface area contributed by atoms with Crippen molar-refractivity contribution in [2.75, 3.05) is 0 Å². The van der Waals surface area contributed by atoms with Crippen molar-refractivity contribution in [2.45, 2.75) is 52.1 Å². The summed E-state index contributed by atoms with van der Waals surface area (Å²) in [5.74, 6) is 0. The van der Waals surface area contributed by atoms with Gasteiger partial charge in [0.15, 0.2) is 0 Å². The predicted octanol–water partition coefficient (Wildman–Crippen LogP) is 2.86. The minimum Gasteiger partial charge on any atom is -0.329 e. The Morgan fingerprint density at radius 3 is 2.72 bits per heavy atom. The molecule has 2 aromatic rings. The van der Waals surface area contributed by atoms with E-state index in [9.17, 15) is 0 Å². The molecule has 3 rings (SSSR count). The van der Waals surface area contributed by atoms with Crippen molar-refractivity contribution >= 4 is 0 Å². The average Bonchev–Trinajstić information content (AvgIpc) is 3.06. The van der Waals surface area contributed by atoms with E-state index in [-0.39, 0.29) is 0 Å². The Balaban J connectivity index is 1.75. The van der Waals surface area contributed by atoms with E-state index in [1.807, 2.05) is 13.3 Å². The molecule has 0 spiro atoms. The van der Waals surface area contributed by atoms with Gasteiger partial charge in [-0.05, 0) is 32.8 Å². The van der Waals surface area contributed by atoms with E-state index in [1.165, 1.54) is 31.4 Å². The monoisotopic (exact) mass is 244 g/mol. The molecule has 18 heavy (non-hydrogen) atoms. The highest BCUT2D eigenvalue weighted by atomic mass is 15.3. The quantitative estimate of drug-likeness (QED) is 0.832. The number of rotatable bonds is 3. The molecule has 2 aromatic heterocycles. The van der Waals surface area contributed by atoms with Crippen LogP contribution in [-0.2, 0) is 6.54 Å². The van der Waals surface area contributed by atoms with Gasteiger partial charge in [-0.1, -0.05) is 12.8 Å². The molecule has 0 atom stereocenters. The zero-order valence-corrected chi connectivity index (χ0v) is 11.1. The van der Waals surface area contributed by atoms with Gasteiger partial charge >= 0.3 is 0 Å². The first-order valence-corrected chi connectivity index (χ1v) is 6.76. The highest BCUT2D eigenvalue weighted by Gasteiger charge is 2.17. The highest BCUT2D eigenvalue weighted by molar-refractivity contribution is 5.11. The van der Waals surface area contributed by atoms with Gasteiger partial charge in [0.25, 0.3) is 0 Å². The maximum absolute atomic E-state index is 4.71. The van der Waals surface area contributed by atoms with Crippen molar-refractivity contribution in [3.8, 4) is 0 Å². The Labute approximate surface area is 108 Å². The van der Waals surface area contributed by atoms with Crippen LogP contribution in [0.4, 0.5) is 0 Å². The zero-order chi connectivity index (χ0) is 12.5. The molecule has 4 nitrogen and oxygen atoms in total. The SMILES string of the molecule is Cc1ncn(Cc2ccn(C3CCCC3)n2)c1C. The summed E-state index contributed by atoms with van der Waals surface area (Å²) in [5, 5.41) is 4.71. The van der Waals surface area contributed by atoms with Gasteiger partial charge in [0.2, 0.25) is 0 Å². The van der Waals surface area contributed by atoms with Crippen LogP contribution in [0.25, 0.3) is 0 Å². The number of hydrogen-bond acceptors (Lipinski definition) is 2. The van der Waals surface area contributed by atoms with Crippen LogP contribution in [-0.4, -0.2) is 19.3 Å². The van der Waals surface area contributed by atoms with Crippen molar-refractivity contribution in [1.82, 2.24) is 19.3 Å². The molecule has 0 aromatic carbocycles. The molecule has 0 radical (unpaired) electrons. The molecule has 0 bridgehead atoms. The summed E-state index contributed by atoms with van der Waals surface area (Å²) < 4.78 is 4.32. The summed E-state index contributed by atoms with van der Waals surface area (Å²) in [7, 11) is 0. The van der Waals surface area contributed by atoms with Crippen molar-refractivity contribution in [3.05, 3.63) is 35.7 Å². The lowest BCUT2D eigenvalue weighted by Crippen LogP contribution is -2.07. The first-order valence-electron chi connectivity index (χ1n) is 6.76. The van der Waals surface area contributed by atoms with E-state index < -0.39 is 0 Å². The standard InChI is InChI=1S/C14H20N4/c1-11-12(2)17(10-15-11)9-13-7-8-18(16-13)14-5-3-4-6-14/h7-8,10,14H,3-6,9H2,1-2H3. The first kappa shape index (κ1) is 11.5. The van der Waals surface area contributed by atoms with Crippen LogP contribution in [0.2, 0.25) is 0 Å². The van der Waals surface area contributed by atoms with Crippen LogP contribution in [0.3, 0.4) is 0 Å². The lowest BCUT2D eigenvalue weighted by Gasteiger charge is -2.09. The Kier molecular flexibility index (Phi) is 2.94. The Morgan fingerprint density at radius 2 is 2.06 bits per heavy atom. The van der Waals surface area contributed by atoms with Crippen LogP contribution in [0, 0.1) is 13.8 Å². The number of hydrogen-bond donors (Lipinski definition) is 0. The van der Waals surface area contributed by atoms with E-state index in [1.54, 1.807) is 0 Å². The molecule has 2 heterocycles. The summed E-state index contributed by atoms with van der Waals surface area (Å²) in [6.07, 6.45) is 9.29. The molecular formula is C14H20N4. The summed E-state index contributed by atoms with van der Waals surface area (Å²) >= 11 is 0. The number of imidazole rings is 1. The Bertz CT molecular complexity index is 532. The molecule has 0 aliphatic heterocycles. The van der Waals surface area contributed by atoms with Crippen molar-refractivity contribution in [3.63, 3.8) is 0 Å². The molecular weight excluding hydrogens is 224 g/mol. The van der Waals surface area contributed by atoms with Crippen LogP contribution in [0.1, 0.15) is 48.8 Å². The molecule has 0 N–H and O–H groups in total. The highest BCUT2D eigenvalue weighted by Crippen LogP contribution is 2.28. The molecule has 1 fully saturated rings. The number of aryl methyl sites for hydroxylation is 1. The predicted molar refractivity (Wildman–Crippen MR) is 70.5 cm³/mol. The smallest absolute Gasteiger partial charge is 0.0955 e. The van der Waals surface area contributed by atoms with Gasteiger partial charge in [-0.2, -0.15) is 5.10 Å². The molecule has 4 heteroatoms. The lowest BCUT2D eigenvalue weighted by molar-refractivity contribution is 0.461. The lowest BCUT2D eigenvalue weighted by atomic mass is 10.3. The van der Waals surface area contributed by atoms with Crippen molar-refractivity contribution < 1.29 is 0 Å². The molecule has 96 valence electrons. The van der Waals surface area contributed by atoms with Gasteiger partial charge in [-0.3, -0.25) is 4.68 Å². The third kappa shape index (κ3) is 2.07. The van der Waals surface area contributed by atoms with Crippen molar-refractivity contribution in [2.24, 2.45) is 0 Å². The summed E-state index contributed by atoms with van der Waals surface area (Å²) in [6.45, 7) is 4.98. The van der Waals surface area contributed by atoms with Crippen LogP contribution < -0.4 is 0 Å². The number of aromatic nitrogens is 4. The topological polar surface area (TPSA) is 35.6 Å². The summed E-state index contributed by atoms with van der Waals surface area (Å²) in [6, 6.07) is 2.76. The number of nitrogens with zero attached hydrogens (tertiary/aromatic N) is 4. The third-order valence-electron chi connectivity index (χ3n) is 4.04. The average molecular weight is 244 g/mol. The fourth-order valence-electron chi connectivity index (χ4n) is 2.71. The van der Waals surface area contributed by atoms with Gasteiger partial charge in [0.1, 0.15) is 0 Å². The van der Waals surface area contributed by atoms with E-state index in [0.717, 1.165) is 17.9 Å². The third-order valence-corrected chi connectivity index (χ3v) is 4.04. The minimum absolute atomic E-state index is 0.629. The van der Waals surface area contributed by atoms with Crippen LogP contribution in [0.15, 0.2) is 18.6 Å². The minimum atomic E-state index is 0.629. The normalized spacial score (nSPS) is 16.6. The molecule has 0 saturated heterocycles. The van der Waals surface area contributed by atoms with Crippen molar-refractivity contribution in [1.29, 1.82) is 0 Å². The Morgan fingerprint density at radius 1 is 1.28 bits per heavy atom. The molecule has 0 amide bonds. The second kappa shape index (κ2) is 4.59. The van der Waals surface area contributed by atoms with Crippen LogP contribution in [0.5, 0.6) is 0 Å². The van der Waals surface area contributed by atoms with E-state index in [2.05, 4.69) is 33.4 Å². The Hall–Kier alpha value is -1.58. The largest absolute Gasteiger partial charge is 0.329 e. The molecule has 1 aliphatic carbocycles. The van der Waals surface area contributed by atoms with E-state index in [0.29, 0.717) is 6.04 Å². The van der Waals surface area contributed by atoms with Crippen LogP contribution >= 0.6 is 0 Å². The molecule has 0 unspecified atom stereocenters. The van der Waals surface area contributed by atoms with Gasteiger partial charge in [-0.15, -0.1) is 0 Å². The summed E-state index contributed by atoms with van der Waals surface area (Å²) in [4.78, 5) is 4.32. The molecule has 1 aliphatic rings. The second-order valence-corrected chi connectivity index (χ2v) is 5.27. The van der Waals surface area contributed by atoms with Gasteiger partial charge in [-0.25, -0.2) is 4.98 Å².